The summed E-state index contributed by atoms with van der Waals surface area (Å²) in [6.45, 7) is 8.53. The Balaban J connectivity index is 2.07. The lowest BCUT2D eigenvalue weighted by Crippen LogP contribution is -2.31. The average Bonchev–Trinajstić information content (AvgIpc) is 2.97. The number of anilines is 1. The van der Waals surface area contributed by atoms with Gasteiger partial charge in [-0.25, -0.2) is 0 Å². The van der Waals surface area contributed by atoms with E-state index in [9.17, 15) is 0 Å². The van der Waals surface area contributed by atoms with Crippen LogP contribution >= 0.6 is 0 Å². The van der Waals surface area contributed by atoms with Gasteiger partial charge in [0, 0.05) is 17.9 Å². The average molecular weight is 221 g/mol. The quantitative estimate of drug-likeness (QED) is 0.575. The van der Waals surface area contributed by atoms with E-state index in [0.29, 0.717) is 0 Å². The van der Waals surface area contributed by atoms with Gasteiger partial charge >= 0.3 is 0 Å². The highest BCUT2D eigenvalue weighted by Gasteiger charge is 2.44. The lowest BCUT2D eigenvalue weighted by Gasteiger charge is -2.16. The molecule has 1 fully saturated rings. The molecule has 1 atom stereocenters. The molecular formula is C12H19NOSi. The van der Waals surface area contributed by atoms with E-state index in [4.69, 9.17) is 4.74 Å². The topological polar surface area (TPSA) is 12.2 Å². The van der Waals surface area contributed by atoms with Gasteiger partial charge in [-0.3, -0.25) is 0 Å². The smallest absolute Gasteiger partial charge is 0.119 e. The third-order valence-electron chi connectivity index (χ3n) is 3.02. The minimum Gasteiger partial charge on any atom is -0.497 e. The van der Waals surface area contributed by atoms with Crippen molar-refractivity contribution in [1.29, 1.82) is 0 Å². The zero-order valence-corrected chi connectivity index (χ0v) is 10.9. The largest absolute Gasteiger partial charge is 0.497 e. The molecule has 0 aliphatic carbocycles. The van der Waals surface area contributed by atoms with Gasteiger partial charge in [0.25, 0.3) is 0 Å². The van der Waals surface area contributed by atoms with Crippen LogP contribution < -0.4 is 9.64 Å². The van der Waals surface area contributed by atoms with Gasteiger partial charge in [0.2, 0.25) is 0 Å². The molecule has 1 aromatic rings. The van der Waals surface area contributed by atoms with Crippen LogP contribution in [0.2, 0.25) is 19.6 Å². The van der Waals surface area contributed by atoms with E-state index in [1.165, 1.54) is 12.2 Å². The van der Waals surface area contributed by atoms with Gasteiger partial charge in [-0.1, -0.05) is 19.6 Å². The molecule has 82 valence electrons. The van der Waals surface area contributed by atoms with Crippen molar-refractivity contribution in [3.63, 3.8) is 0 Å². The number of hydrogen-bond acceptors (Lipinski definition) is 2. The molecule has 0 amide bonds. The van der Waals surface area contributed by atoms with Crippen molar-refractivity contribution in [2.75, 3.05) is 18.6 Å². The van der Waals surface area contributed by atoms with Crippen molar-refractivity contribution >= 4 is 13.8 Å². The number of benzene rings is 1. The van der Waals surface area contributed by atoms with Crippen LogP contribution in [0.5, 0.6) is 5.75 Å². The zero-order valence-electron chi connectivity index (χ0n) is 9.95. The number of rotatable bonds is 3. The summed E-state index contributed by atoms with van der Waals surface area (Å²) < 4.78 is 5.15. The molecule has 0 spiro atoms. The second-order valence-electron chi connectivity index (χ2n) is 5.23. The lowest BCUT2D eigenvalue weighted by atomic mass is 10.3. The van der Waals surface area contributed by atoms with E-state index in [0.717, 1.165) is 11.4 Å². The Morgan fingerprint density at radius 3 is 2.20 bits per heavy atom. The molecule has 0 bridgehead atoms. The first-order valence-electron chi connectivity index (χ1n) is 5.43. The first-order chi connectivity index (χ1) is 7.02. The van der Waals surface area contributed by atoms with Crippen LogP contribution in [-0.2, 0) is 0 Å². The molecular weight excluding hydrogens is 202 g/mol. The Hall–Kier alpha value is -0.963. The maximum Gasteiger partial charge on any atom is 0.119 e. The van der Waals surface area contributed by atoms with Crippen LogP contribution in [0, 0.1) is 0 Å². The maximum atomic E-state index is 5.15. The highest BCUT2D eigenvalue weighted by atomic mass is 28.3. The molecule has 2 rings (SSSR count). The Labute approximate surface area is 92.9 Å². The van der Waals surface area contributed by atoms with Crippen LogP contribution in [0.4, 0.5) is 5.69 Å². The summed E-state index contributed by atoms with van der Waals surface area (Å²) in [6, 6.07) is 8.38. The number of methoxy groups -OCH3 is 1. The summed E-state index contributed by atoms with van der Waals surface area (Å²) in [5.74, 6) is 0.935. The van der Waals surface area contributed by atoms with E-state index in [2.05, 4.69) is 36.7 Å². The molecule has 1 aliphatic heterocycles. The molecule has 1 aromatic carbocycles. The number of ether oxygens (including phenoxy) is 1. The molecule has 1 saturated heterocycles. The molecule has 1 aliphatic rings. The second-order valence-corrected chi connectivity index (χ2v) is 10.6. The molecule has 0 aromatic heterocycles. The van der Waals surface area contributed by atoms with Gasteiger partial charge in [0.05, 0.1) is 15.2 Å². The van der Waals surface area contributed by atoms with Crippen LogP contribution in [0.3, 0.4) is 0 Å². The SMILES string of the molecule is COc1ccc(N2CC2[Si](C)(C)C)cc1. The lowest BCUT2D eigenvalue weighted by molar-refractivity contribution is 0.415. The van der Waals surface area contributed by atoms with Gasteiger partial charge in [0.1, 0.15) is 5.75 Å². The molecule has 15 heavy (non-hydrogen) atoms. The Morgan fingerprint density at radius 1 is 1.20 bits per heavy atom. The van der Waals surface area contributed by atoms with Crippen LogP contribution in [0.1, 0.15) is 0 Å². The minimum absolute atomic E-state index is 0.825. The fourth-order valence-electron chi connectivity index (χ4n) is 1.94. The summed E-state index contributed by atoms with van der Waals surface area (Å²) in [5.41, 5.74) is 2.16. The van der Waals surface area contributed by atoms with Gasteiger partial charge < -0.3 is 9.64 Å². The van der Waals surface area contributed by atoms with Crippen LogP contribution in [0.25, 0.3) is 0 Å². The second kappa shape index (κ2) is 3.56. The predicted octanol–water partition coefficient (Wildman–Crippen LogP) is 2.76. The predicted molar refractivity (Wildman–Crippen MR) is 67.5 cm³/mol. The zero-order chi connectivity index (χ0) is 11.1. The van der Waals surface area contributed by atoms with Crippen molar-refractivity contribution in [3.05, 3.63) is 24.3 Å². The third kappa shape index (κ3) is 2.17. The highest BCUT2D eigenvalue weighted by Crippen LogP contribution is 2.34. The van der Waals surface area contributed by atoms with Crippen molar-refractivity contribution in [1.82, 2.24) is 0 Å². The molecule has 1 heterocycles. The molecule has 0 N–H and O–H groups in total. The summed E-state index contributed by atoms with van der Waals surface area (Å²) in [4.78, 5) is 2.49. The third-order valence-corrected chi connectivity index (χ3v) is 5.51. The summed E-state index contributed by atoms with van der Waals surface area (Å²) >= 11 is 0. The maximum absolute atomic E-state index is 5.15. The van der Waals surface area contributed by atoms with Gasteiger partial charge in [-0.2, -0.15) is 0 Å². The first kappa shape index (κ1) is 10.6. The Bertz CT molecular complexity index is 342. The normalized spacial score (nSPS) is 20.3. The molecule has 2 nitrogen and oxygen atoms in total. The van der Waals surface area contributed by atoms with Gasteiger partial charge in [0.15, 0.2) is 0 Å². The minimum atomic E-state index is -0.997. The number of nitrogens with zero attached hydrogens (tertiary/aromatic N) is 1. The van der Waals surface area contributed by atoms with E-state index in [-0.39, 0.29) is 0 Å². The fourth-order valence-corrected chi connectivity index (χ4v) is 3.77. The van der Waals surface area contributed by atoms with Crippen LogP contribution in [0.15, 0.2) is 24.3 Å². The first-order valence-corrected chi connectivity index (χ1v) is 9.01. The fraction of sp³-hybridized carbons (Fsp3) is 0.500. The van der Waals surface area contributed by atoms with Crippen LogP contribution in [-0.4, -0.2) is 27.4 Å². The van der Waals surface area contributed by atoms with Crippen molar-refractivity contribution < 1.29 is 4.74 Å². The summed E-state index contributed by atoms with van der Waals surface area (Å²) in [7, 11) is 0.709. The van der Waals surface area contributed by atoms with Crippen molar-refractivity contribution in [3.8, 4) is 5.75 Å². The van der Waals surface area contributed by atoms with E-state index < -0.39 is 8.07 Å². The van der Waals surface area contributed by atoms with E-state index in [1.54, 1.807) is 7.11 Å². The van der Waals surface area contributed by atoms with Gasteiger partial charge in [-0.05, 0) is 24.3 Å². The molecule has 0 radical (unpaired) electrons. The van der Waals surface area contributed by atoms with E-state index in [1.807, 2.05) is 12.1 Å². The Morgan fingerprint density at radius 2 is 1.80 bits per heavy atom. The van der Waals surface area contributed by atoms with Gasteiger partial charge in [-0.15, -0.1) is 0 Å². The standard InChI is InChI=1S/C12H19NOSi/c1-14-11-7-5-10(6-8-11)13-9-12(13)15(2,3)4/h5-8,12H,9H2,1-4H3. The van der Waals surface area contributed by atoms with Crippen molar-refractivity contribution in [2.45, 2.75) is 25.3 Å². The monoisotopic (exact) mass is 221 g/mol. The highest BCUT2D eigenvalue weighted by molar-refractivity contribution is 6.79. The summed E-state index contributed by atoms with van der Waals surface area (Å²) in [6.07, 6.45) is 0. The van der Waals surface area contributed by atoms with E-state index >= 15 is 0 Å². The van der Waals surface area contributed by atoms with Crippen molar-refractivity contribution in [2.24, 2.45) is 0 Å². The summed E-state index contributed by atoms with van der Waals surface area (Å²) in [5, 5.41) is 0. The molecule has 0 saturated carbocycles. The Kier molecular flexibility index (Phi) is 2.50. The molecule has 1 unspecified atom stereocenters. The number of hydrogen-bond donors (Lipinski definition) is 0. The molecule has 3 heteroatoms.